The van der Waals surface area contributed by atoms with Gasteiger partial charge in [0.05, 0.1) is 20.4 Å². The lowest BCUT2D eigenvalue weighted by Gasteiger charge is -2.09. The van der Waals surface area contributed by atoms with Crippen molar-refractivity contribution in [1.82, 2.24) is 9.97 Å². The molecule has 0 spiro atoms. The standard InChI is InChI=1S/C19H17ClN2O2S2/c1-23-15-7-9-16(10-8-15)26-18-17(24-2)11-21-19(22-18)25-12-13-3-5-14(20)6-4-13/h3-11H,12H2,1-2H3. The third kappa shape index (κ3) is 5.06. The Bertz CT molecular complexity index is 858. The molecule has 0 amide bonds. The molecule has 3 rings (SSSR count). The molecule has 26 heavy (non-hydrogen) atoms. The third-order valence-electron chi connectivity index (χ3n) is 3.48. The van der Waals surface area contributed by atoms with E-state index in [1.807, 2.05) is 48.5 Å². The van der Waals surface area contributed by atoms with Gasteiger partial charge in [-0.3, -0.25) is 0 Å². The van der Waals surface area contributed by atoms with Gasteiger partial charge in [-0.15, -0.1) is 0 Å². The zero-order chi connectivity index (χ0) is 18.4. The first-order valence-electron chi connectivity index (χ1n) is 7.78. The van der Waals surface area contributed by atoms with Crippen LogP contribution in [0.3, 0.4) is 0 Å². The van der Waals surface area contributed by atoms with Crippen LogP contribution in [-0.4, -0.2) is 24.2 Å². The number of thioether (sulfide) groups is 1. The highest BCUT2D eigenvalue weighted by Crippen LogP contribution is 2.35. The second-order valence-corrected chi connectivity index (χ2v) is 7.66. The van der Waals surface area contributed by atoms with Crippen molar-refractivity contribution < 1.29 is 9.47 Å². The van der Waals surface area contributed by atoms with Gasteiger partial charge in [0.2, 0.25) is 0 Å². The molecule has 1 heterocycles. The van der Waals surface area contributed by atoms with Gasteiger partial charge in [-0.25, -0.2) is 9.97 Å². The van der Waals surface area contributed by atoms with Crippen LogP contribution in [0.2, 0.25) is 5.02 Å². The number of nitrogens with zero attached hydrogens (tertiary/aromatic N) is 2. The summed E-state index contributed by atoms with van der Waals surface area (Å²) in [5.41, 5.74) is 1.17. The summed E-state index contributed by atoms with van der Waals surface area (Å²) < 4.78 is 10.6. The topological polar surface area (TPSA) is 44.2 Å². The Morgan fingerprint density at radius 3 is 2.35 bits per heavy atom. The molecule has 0 saturated carbocycles. The summed E-state index contributed by atoms with van der Waals surface area (Å²) in [6.07, 6.45) is 1.71. The van der Waals surface area contributed by atoms with Crippen LogP contribution in [0.4, 0.5) is 0 Å². The lowest BCUT2D eigenvalue weighted by atomic mass is 10.2. The van der Waals surface area contributed by atoms with Crippen molar-refractivity contribution >= 4 is 35.1 Å². The van der Waals surface area contributed by atoms with Crippen molar-refractivity contribution in [2.75, 3.05) is 14.2 Å². The highest BCUT2D eigenvalue weighted by atomic mass is 35.5. The molecule has 0 radical (unpaired) electrons. The molecular weight excluding hydrogens is 388 g/mol. The third-order valence-corrected chi connectivity index (χ3v) is 5.65. The zero-order valence-corrected chi connectivity index (χ0v) is 16.7. The van der Waals surface area contributed by atoms with Crippen molar-refractivity contribution in [1.29, 1.82) is 0 Å². The Labute approximate surface area is 166 Å². The maximum absolute atomic E-state index is 5.92. The molecule has 0 fully saturated rings. The van der Waals surface area contributed by atoms with E-state index in [1.54, 1.807) is 32.2 Å². The molecule has 0 unspecified atom stereocenters. The summed E-state index contributed by atoms with van der Waals surface area (Å²) in [5, 5.41) is 2.22. The van der Waals surface area contributed by atoms with E-state index in [4.69, 9.17) is 21.1 Å². The van der Waals surface area contributed by atoms with E-state index in [1.165, 1.54) is 17.3 Å². The van der Waals surface area contributed by atoms with E-state index >= 15 is 0 Å². The van der Waals surface area contributed by atoms with Gasteiger partial charge >= 0.3 is 0 Å². The number of hydrogen-bond donors (Lipinski definition) is 0. The number of halogens is 1. The first-order valence-corrected chi connectivity index (χ1v) is 9.96. The molecule has 0 aliphatic rings. The number of rotatable bonds is 7. The minimum Gasteiger partial charge on any atom is -0.497 e. The normalized spacial score (nSPS) is 10.6. The minimum atomic E-state index is 0.654. The molecule has 0 aliphatic carbocycles. The van der Waals surface area contributed by atoms with Crippen LogP contribution >= 0.6 is 35.1 Å². The van der Waals surface area contributed by atoms with Gasteiger partial charge in [0, 0.05) is 15.7 Å². The molecule has 0 N–H and O–H groups in total. The Hall–Kier alpha value is -1.89. The second kappa shape index (κ2) is 9.16. The number of aromatic nitrogens is 2. The number of methoxy groups -OCH3 is 2. The van der Waals surface area contributed by atoms with E-state index in [2.05, 4.69) is 9.97 Å². The first kappa shape index (κ1) is 18.9. The lowest BCUT2D eigenvalue weighted by molar-refractivity contribution is 0.395. The van der Waals surface area contributed by atoms with Crippen LogP contribution < -0.4 is 9.47 Å². The van der Waals surface area contributed by atoms with Gasteiger partial charge in [0.25, 0.3) is 0 Å². The molecule has 3 aromatic rings. The fraction of sp³-hybridized carbons (Fsp3) is 0.158. The molecular formula is C19H17ClN2O2S2. The Kier molecular flexibility index (Phi) is 6.66. The van der Waals surface area contributed by atoms with E-state index < -0.39 is 0 Å². The predicted octanol–water partition coefficient (Wildman–Crippen LogP) is 5.59. The fourth-order valence-corrected chi connectivity index (χ4v) is 3.93. The molecule has 0 aliphatic heterocycles. The van der Waals surface area contributed by atoms with E-state index in [0.29, 0.717) is 10.9 Å². The highest BCUT2D eigenvalue weighted by Gasteiger charge is 2.11. The molecule has 4 nitrogen and oxygen atoms in total. The van der Waals surface area contributed by atoms with Gasteiger partial charge in [-0.2, -0.15) is 0 Å². The second-order valence-electron chi connectivity index (χ2n) is 5.22. The van der Waals surface area contributed by atoms with Crippen LogP contribution in [0, 0.1) is 0 Å². The van der Waals surface area contributed by atoms with Gasteiger partial charge in [0.1, 0.15) is 10.8 Å². The summed E-state index contributed by atoms with van der Waals surface area (Å²) in [7, 11) is 3.27. The van der Waals surface area contributed by atoms with Crippen LogP contribution in [0.25, 0.3) is 0 Å². The van der Waals surface area contributed by atoms with Crippen molar-refractivity contribution in [3.8, 4) is 11.5 Å². The Morgan fingerprint density at radius 2 is 1.69 bits per heavy atom. The molecule has 0 atom stereocenters. The quantitative estimate of drug-likeness (QED) is 0.290. The van der Waals surface area contributed by atoms with E-state index in [0.717, 1.165) is 26.4 Å². The molecule has 0 bridgehead atoms. The zero-order valence-electron chi connectivity index (χ0n) is 14.3. The maximum atomic E-state index is 5.92. The van der Waals surface area contributed by atoms with Gasteiger partial charge in [-0.1, -0.05) is 47.3 Å². The van der Waals surface area contributed by atoms with Crippen LogP contribution in [-0.2, 0) is 5.75 Å². The summed E-state index contributed by atoms with van der Waals surface area (Å²) in [6.45, 7) is 0. The molecule has 0 saturated heterocycles. The van der Waals surface area contributed by atoms with E-state index in [-0.39, 0.29) is 0 Å². The monoisotopic (exact) mass is 404 g/mol. The molecule has 7 heteroatoms. The number of ether oxygens (including phenoxy) is 2. The van der Waals surface area contributed by atoms with Crippen molar-refractivity contribution in [2.24, 2.45) is 0 Å². The van der Waals surface area contributed by atoms with E-state index in [9.17, 15) is 0 Å². The minimum absolute atomic E-state index is 0.654. The first-order chi connectivity index (χ1) is 12.7. The Balaban J connectivity index is 1.73. The van der Waals surface area contributed by atoms with Crippen LogP contribution in [0.5, 0.6) is 11.5 Å². The van der Waals surface area contributed by atoms with Crippen molar-refractivity contribution in [3.63, 3.8) is 0 Å². The highest BCUT2D eigenvalue weighted by molar-refractivity contribution is 7.99. The predicted molar refractivity (Wildman–Crippen MR) is 107 cm³/mol. The number of benzene rings is 2. The summed E-state index contributed by atoms with van der Waals surface area (Å²) in [6, 6.07) is 15.6. The van der Waals surface area contributed by atoms with Crippen molar-refractivity contribution in [3.05, 3.63) is 65.3 Å². The van der Waals surface area contributed by atoms with Gasteiger partial charge in [0.15, 0.2) is 10.9 Å². The van der Waals surface area contributed by atoms with Crippen LogP contribution in [0.1, 0.15) is 5.56 Å². The largest absolute Gasteiger partial charge is 0.497 e. The molecule has 134 valence electrons. The molecule has 2 aromatic carbocycles. The smallest absolute Gasteiger partial charge is 0.189 e. The summed E-state index contributed by atoms with van der Waals surface area (Å²) >= 11 is 9.03. The average molecular weight is 405 g/mol. The summed E-state index contributed by atoms with van der Waals surface area (Å²) in [5.74, 6) is 2.25. The van der Waals surface area contributed by atoms with Gasteiger partial charge < -0.3 is 9.47 Å². The fourth-order valence-electron chi connectivity index (χ4n) is 2.11. The SMILES string of the molecule is COc1ccc(Sc2nc(SCc3ccc(Cl)cc3)ncc2OC)cc1. The van der Waals surface area contributed by atoms with Crippen molar-refractivity contribution in [2.45, 2.75) is 20.8 Å². The Morgan fingerprint density at radius 1 is 0.962 bits per heavy atom. The number of hydrogen-bond acceptors (Lipinski definition) is 6. The van der Waals surface area contributed by atoms with Gasteiger partial charge in [-0.05, 0) is 42.0 Å². The lowest BCUT2D eigenvalue weighted by Crippen LogP contribution is -1.95. The van der Waals surface area contributed by atoms with Crippen LogP contribution in [0.15, 0.2) is 69.8 Å². The maximum Gasteiger partial charge on any atom is 0.189 e. The average Bonchev–Trinajstić information content (AvgIpc) is 2.68. The summed E-state index contributed by atoms with van der Waals surface area (Å²) in [4.78, 5) is 10.1. The molecule has 1 aromatic heterocycles.